The van der Waals surface area contributed by atoms with Crippen molar-refractivity contribution in [2.45, 2.75) is 57.7 Å². The van der Waals surface area contributed by atoms with Crippen molar-refractivity contribution >= 4 is 28.7 Å². The SMILES string of the molecule is CC(C)(C)OC(=O)N1CCCC(CI)(OCC2CC2)C1. The van der Waals surface area contributed by atoms with Crippen molar-refractivity contribution in [3.05, 3.63) is 0 Å². The van der Waals surface area contributed by atoms with Crippen LogP contribution in [0.2, 0.25) is 0 Å². The van der Waals surface area contributed by atoms with E-state index in [0.29, 0.717) is 6.54 Å². The molecule has 1 saturated carbocycles. The van der Waals surface area contributed by atoms with Crippen LogP contribution >= 0.6 is 22.6 Å². The van der Waals surface area contributed by atoms with Crippen molar-refractivity contribution in [2.75, 3.05) is 24.1 Å². The second-order valence-corrected chi connectivity index (χ2v) is 7.84. The molecular weight excluding hydrogens is 369 g/mol. The van der Waals surface area contributed by atoms with Gasteiger partial charge in [-0.3, -0.25) is 0 Å². The van der Waals surface area contributed by atoms with Gasteiger partial charge in [-0.15, -0.1) is 0 Å². The Bertz CT molecular complexity index is 352. The van der Waals surface area contributed by atoms with E-state index in [2.05, 4.69) is 22.6 Å². The lowest BCUT2D eigenvalue weighted by Crippen LogP contribution is -2.54. The number of nitrogens with zero attached hydrogens (tertiary/aromatic N) is 1. The fourth-order valence-corrected chi connectivity index (χ4v) is 3.27. The topological polar surface area (TPSA) is 38.8 Å². The zero-order chi connectivity index (χ0) is 14.8. The van der Waals surface area contributed by atoms with Crippen LogP contribution in [0.15, 0.2) is 0 Å². The summed E-state index contributed by atoms with van der Waals surface area (Å²) in [5, 5.41) is 0. The largest absolute Gasteiger partial charge is 0.444 e. The Kier molecular flexibility index (Phi) is 5.21. The molecule has 0 bridgehead atoms. The first-order valence-corrected chi connectivity index (χ1v) is 9.04. The van der Waals surface area contributed by atoms with E-state index in [0.717, 1.165) is 36.3 Å². The number of piperidine rings is 1. The summed E-state index contributed by atoms with van der Waals surface area (Å²) in [6.45, 7) is 8.01. The number of hydrogen-bond donors (Lipinski definition) is 0. The van der Waals surface area contributed by atoms with Gasteiger partial charge in [0, 0.05) is 11.0 Å². The number of carbonyl (C=O) groups is 1. The molecule has 0 N–H and O–H groups in total. The minimum absolute atomic E-state index is 0.168. The molecule has 0 spiro atoms. The average molecular weight is 395 g/mol. The van der Waals surface area contributed by atoms with Gasteiger partial charge in [-0.1, -0.05) is 22.6 Å². The molecular formula is C15H26INO3. The number of hydrogen-bond acceptors (Lipinski definition) is 3. The van der Waals surface area contributed by atoms with Crippen LogP contribution in [0.1, 0.15) is 46.5 Å². The van der Waals surface area contributed by atoms with Gasteiger partial charge in [-0.2, -0.15) is 0 Å². The third kappa shape index (κ3) is 4.76. The summed E-state index contributed by atoms with van der Waals surface area (Å²) in [5.41, 5.74) is -0.602. The van der Waals surface area contributed by atoms with E-state index in [4.69, 9.17) is 9.47 Å². The Morgan fingerprint density at radius 3 is 2.65 bits per heavy atom. The van der Waals surface area contributed by atoms with Crippen LogP contribution in [-0.4, -0.2) is 46.3 Å². The smallest absolute Gasteiger partial charge is 0.410 e. The number of carbonyl (C=O) groups excluding carboxylic acids is 1. The molecule has 5 heteroatoms. The minimum atomic E-state index is -0.434. The van der Waals surface area contributed by atoms with Crippen LogP contribution < -0.4 is 0 Å². The zero-order valence-electron chi connectivity index (χ0n) is 12.8. The molecule has 2 fully saturated rings. The lowest BCUT2D eigenvalue weighted by molar-refractivity contribution is -0.0782. The molecule has 116 valence electrons. The molecule has 1 atom stereocenters. The first-order valence-electron chi connectivity index (χ1n) is 7.51. The van der Waals surface area contributed by atoms with Crippen molar-refractivity contribution < 1.29 is 14.3 Å². The molecule has 2 rings (SSSR count). The van der Waals surface area contributed by atoms with E-state index < -0.39 is 5.60 Å². The second kappa shape index (κ2) is 6.38. The van der Waals surface area contributed by atoms with E-state index >= 15 is 0 Å². The molecule has 0 aromatic heterocycles. The lowest BCUT2D eigenvalue weighted by Gasteiger charge is -2.42. The maximum atomic E-state index is 12.2. The Morgan fingerprint density at radius 1 is 1.40 bits per heavy atom. The third-order valence-corrected chi connectivity index (χ3v) is 5.15. The predicted octanol–water partition coefficient (Wildman–Crippen LogP) is 3.62. The van der Waals surface area contributed by atoms with E-state index in [1.54, 1.807) is 0 Å². The Hall–Kier alpha value is -0.0400. The highest BCUT2D eigenvalue weighted by molar-refractivity contribution is 14.1. The molecule has 0 radical (unpaired) electrons. The highest BCUT2D eigenvalue weighted by atomic mass is 127. The zero-order valence-corrected chi connectivity index (χ0v) is 14.9. The Morgan fingerprint density at radius 2 is 2.10 bits per heavy atom. The van der Waals surface area contributed by atoms with Crippen molar-refractivity contribution in [3.63, 3.8) is 0 Å². The molecule has 0 aromatic carbocycles. The summed E-state index contributed by atoms with van der Waals surface area (Å²) in [4.78, 5) is 14.0. The molecule has 1 aliphatic heterocycles. The normalized spacial score (nSPS) is 27.5. The minimum Gasteiger partial charge on any atom is -0.444 e. The number of halogens is 1. The summed E-state index contributed by atoms with van der Waals surface area (Å²) < 4.78 is 12.6. The maximum absolute atomic E-state index is 12.2. The lowest BCUT2D eigenvalue weighted by atomic mass is 9.95. The molecule has 0 aromatic rings. The Labute approximate surface area is 135 Å². The summed E-state index contributed by atoms with van der Waals surface area (Å²) in [6, 6.07) is 0. The Balaban J connectivity index is 1.92. The quantitative estimate of drug-likeness (QED) is 0.539. The fourth-order valence-electron chi connectivity index (χ4n) is 2.42. The monoisotopic (exact) mass is 395 g/mol. The van der Waals surface area contributed by atoms with Crippen LogP contribution in [0.4, 0.5) is 4.79 Å². The standard InChI is InChI=1S/C15H26INO3/c1-14(2,3)20-13(18)17-8-4-7-15(10-16,11-17)19-9-12-5-6-12/h12H,4-11H2,1-3H3. The molecule has 20 heavy (non-hydrogen) atoms. The van der Waals surface area contributed by atoms with Gasteiger partial charge in [0.15, 0.2) is 0 Å². The summed E-state index contributed by atoms with van der Waals surface area (Å²) >= 11 is 2.38. The van der Waals surface area contributed by atoms with Crippen LogP contribution in [0.5, 0.6) is 0 Å². The first-order chi connectivity index (χ1) is 9.34. The predicted molar refractivity (Wildman–Crippen MR) is 87.3 cm³/mol. The van der Waals surface area contributed by atoms with Gasteiger partial charge in [-0.05, 0) is 52.4 Å². The van der Waals surface area contributed by atoms with Crippen LogP contribution in [0.3, 0.4) is 0 Å². The molecule has 1 heterocycles. The van der Waals surface area contributed by atoms with Crippen LogP contribution in [-0.2, 0) is 9.47 Å². The molecule has 4 nitrogen and oxygen atoms in total. The van der Waals surface area contributed by atoms with E-state index in [1.165, 1.54) is 12.8 Å². The van der Waals surface area contributed by atoms with Crippen molar-refractivity contribution in [3.8, 4) is 0 Å². The van der Waals surface area contributed by atoms with Gasteiger partial charge in [0.25, 0.3) is 0 Å². The summed E-state index contributed by atoms with van der Waals surface area (Å²) in [5.74, 6) is 0.756. The highest BCUT2D eigenvalue weighted by Crippen LogP contribution is 2.34. The number of alkyl halides is 1. The van der Waals surface area contributed by atoms with Crippen molar-refractivity contribution in [1.29, 1.82) is 0 Å². The van der Waals surface area contributed by atoms with Gasteiger partial charge in [0.05, 0.1) is 18.8 Å². The highest BCUT2D eigenvalue weighted by Gasteiger charge is 2.39. The third-order valence-electron chi connectivity index (χ3n) is 3.76. The number of amides is 1. The first kappa shape index (κ1) is 16.3. The van der Waals surface area contributed by atoms with E-state index in [-0.39, 0.29) is 11.7 Å². The molecule has 1 amide bonds. The molecule has 1 saturated heterocycles. The number of likely N-dealkylation sites (tertiary alicyclic amines) is 1. The molecule has 1 aliphatic carbocycles. The van der Waals surface area contributed by atoms with Crippen molar-refractivity contribution in [2.24, 2.45) is 5.92 Å². The molecule has 2 aliphatic rings. The summed E-state index contributed by atoms with van der Waals surface area (Å²) in [6.07, 6.45) is 4.43. The van der Waals surface area contributed by atoms with Gasteiger partial charge in [-0.25, -0.2) is 4.79 Å². The molecule has 1 unspecified atom stereocenters. The van der Waals surface area contributed by atoms with E-state index in [9.17, 15) is 4.79 Å². The van der Waals surface area contributed by atoms with Gasteiger partial charge >= 0.3 is 6.09 Å². The van der Waals surface area contributed by atoms with E-state index in [1.807, 2.05) is 25.7 Å². The number of ether oxygens (including phenoxy) is 2. The maximum Gasteiger partial charge on any atom is 0.410 e. The fraction of sp³-hybridized carbons (Fsp3) is 0.933. The van der Waals surface area contributed by atoms with Gasteiger partial charge in [0.2, 0.25) is 0 Å². The summed E-state index contributed by atoms with van der Waals surface area (Å²) in [7, 11) is 0. The second-order valence-electron chi connectivity index (χ2n) is 7.08. The van der Waals surface area contributed by atoms with Crippen LogP contribution in [0.25, 0.3) is 0 Å². The van der Waals surface area contributed by atoms with Gasteiger partial charge < -0.3 is 14.4 Å². The van der Waals surface area contributed by atoms with Crippen molar-refractivity contribution in [1.82, 2.24) is 4.90 Å². The van der Waals surface area contributed by atoms with Gasteiger partial charge in [0.1, 0.15) is 5.60 Å². The van der Waals surface area contributed by atoms with Crippen LogP contribution in [0, 0.1) is 5.92 Å². The average Bonchev–Trinajstić information content (AvgIpc) is 3.19. The number of rotatable bonds is 4.